The van der Waals surface area contributed by atoms with Gasteiger partial charge < -0.3 is 30.2 Å². The molecule has 5 heterocycles. The molecule has 2 fully saturated rings. The molecule has 12 nitrogen and oxygen atoms in total. The highest BCUT2D eigenvalue weighted by Gasteiger charge is 2.46. The zero-order valence-electron chi connectivity index (χ0n) is 29.2. The number of benzene rings is 2. The molecule has 0 bridgehead atoms. The lowest BCUT2D eigenvalue weighted by Crippen LogP contribution is -2.55. The van der Waals surface area contributed by atoms with E-state index >= 15 is 0 Å². The van der Waals surface area contributed by atoms with Crippen LogP contribution in [0.2, 0.25) is 10.0 Å². The van der Waals surface area contributed by atoms with Crippen molar-refractivity contribution in [3.8, 4) is 39.4 Å². The number of hydrogen-bond acceptors (Lipinski definition) is 10. The third-order valence-corrected chi connectivity index (χ3v) is 10.5. The SMILES string of the molecule is COC(=O)C1(CNCc2cnc3cc(-c4cccc(-c5cccc(-c6ccc(CNC[C@@H]7CCC(=O)N7)c(OC)n6)c5Cl)c4Cl)ccn3c2=O)COC1. The van der Waals surface area contributed by atoms with E-state index in [1.165, 1.54) is 11.5 Å². The summed E-state index contributed by atoms with van der Waals surface area (Å²) in [6.45, 7) is 2.29. The van der Waals surface area contributed by atoms with Crippen molar-refractivity contribution < 1.29 is 23.8 Å². The first-order valence-electron chi connectivity index (χ1n) is 17.2. The van der Waals surface area contributed by atoms with Crippen LogP contribution < -0.4 is 26.2 Å². The molecule has 7 rings (SSSR count). The predicted molar refractivity (Wildman–Crippen MR) is 202 cm³/mol. The minimum atomic E-state index is -0.741. The lowest BCUT2D eigenvalue weighted by Gasteiger charge is -2.38. The number of fused-ring (bicyclic) bond motifs is 1. The van der Waals surface area contributed by atoms with Gasteiger partial charge in [0.05, 0.1) is 43.2 Å². The van der Waals surface area contributed by atoms with E-state index in [9.17, 15) is 14.4 Å². The minimum Gasteiger partial charge on any atom is -0.481 e. The number of carbonyl (C=O) groups excluding carboxylic acids is 2. The molecule has 14 heteroatoms. The molecule has 0 spiro atoms. The van der Waals surface area contributed by atoms with E-state index in [1.807, 2.05) is 60.7 Å². The molecule has 274 valence electrons. The Balaban J connectivity index is 1.10. The summed E-state index contributed by atoms with van der Waals surface area (Å²) in [5.41, 5.74) is 5.20. The molecular formula is C39H38Cl2N6O6. The van der Waals surface area contributed by atoms with Crippen LogP contribution in [0.25, 0.3) is 39.2 Å². The fourth-order valence-corrected chi connectivity index (χ4v) is 7.40. The van der Waals surface area contributed by atoms with Crippen molar-refractivity contribution in [1.82, 2.24) is 30.3 Å². The Morgan fingerprint density at radius 2 is 1.68 bits per heavy atom. The van der Waals surface area contributed by atoms with Crippen LogP contribution in [-0.2, 0) is 32.2 Å². The number of amides is 1. The maximum Gasteiger partial charge on any atom is 0.317 e. The number of pyridine rings is 2. The molecule has 0 radical (unpaired) electrons. The van der Waals surface area contributed by atoms with Crippen LogP contribution in [0.1, 0.15) is 24.0 Å². The number of nitrogens with one attached hydrogen (secondary N) is 3. The highest BCUT2D eigenvalue weighted by atomic mass is 35.5. The number of ether oxygens (including phenoxy) is 3. The largest absolute Gasteiger partial charge is 0.481 e. The van der Waals surface area contributed by atoms with Gasteiger partial charge in [-0.25, -0.2) is 9.97 Å². The van der Waals surface area contributed by atoms with Crippen LogP contribution in [0.4, 0.5) is 0 Å². The summed E-state index contributed by atoms with van der Waals surface area (Å²) in [5, 5.41) is 10.5. The monoisotopic (exact) mass is 756 g/mol. The second-order valence-corrected chi connectivity index (χ2v) is 14.0. The van der Waals surface area contributed by atoms with Gasteiger partial charge in [-0.3, -0.25) is 18.8 Å². The van der Waals surface area contributed by atoms with Crippen molar-refractivity contribution in [2.45, 2.75) is 32.0 Å². The summed E-state index contributed by atoms with van der Waals surface area (Å²) < 4.78 is 17.3. The summed E-state index contributed by atoms with van der Waals surface area (Å²) in [6, 6.07) is 19.1. The van der Waals surface area contributed by atoms with Crippen molar-refractivity contribution in [2.75, 3.05) is 40.5 Å². The maximum absolute atomic E-state index is 13.4. The molecular weight excluding hydrogens is 719 g/mol. The van der Waals surface area contributed by atoms with Gasteiger partial charge in [-0.05, 0) is 30.2 Å². The Kier molecular flexibility index (Phi) is 10.8. The zero-order valence-corrected chi connectivity index (χ0v) is 30.7. The first kappa shape index (κ1) is 36.5. The van der Waals surface area contributed by atoms with Crippen LogP contribution >= 0.6 is 23.2 Å². The Morgan fingerprint density at radius 3 is 2.36 bits per heavy atom. The minimum absolute atomic E-state index is 0.0877. The summed E-state index contributed by atoms with van der Waals surface area (Å²) in [4.78, 5) is 46.4. The molecule has 2 saturated heterocycles. The predicted octanol–water partition coefficient (Wildman–Crippen LogP) is 5.05. The summed E-state index contributed by atoms with van der Waals surface area (Å²) in [5.74, 6) is 0.232. The van der Waals surface area contributed by atoms with Gasteiger partial charge in [-0.15, -0.1) is 0 Å². The summed E-state index contributed by atoms with van der Waals surface area (Å²) in [7, 11) is 2.94. The molecule has 53 heavy (non-hydrogen) atoms. The van der Waals surface area contributed by atoms with Gasteiger partial charge in [0.1, 0.15) is 11.1 Å². The average Bonchev–Trinajstić information content (AvgIpc) is 3.58. The van der Waals surface area contributed by atoms with Crippen LogP contribution in [0, 0.1) is 5.41 Å². The van der Waals surface area contributed by atoms with E-state index in [0.29, 0.717) is 58.9 Å². The van der Waals surface area contributed by atoms with Crippen LogP contribution in [0.5, 0.6) is 5.88 Å². The number of carbonyl (C=O) groups is 2. The van der Waals surface area contributed by atoms with Gasteiger partial charge in [-0.2, -0.15) is 0 Å². The van der Waals surface area contributed by atoms with Gasteiger partial charge in [0.15, 0.2) is 0 Å². The van der Waals surface area contributed by atoms with Gasteiger partial charge >= 0.3 is 5.97 Å². The van der Waals surface area contributed by atoms with Gasteiger partial charge in [0.25, 0.3) is 5.56 Å². The third kappa shape index (κ3) is 7.38. The zero-order chi connectivity index (χ0) is 37.1. The molecule has 1 amide bonds. The lowest BCUT2D eigenvalue weighted by molar-refractivity contribution is -0.182. The fraction of sp³-hybridized carbons (Fsp3) is 0.308. The normalized spacial score (nSPS) is 16.3. The number of rotatable bonds is 13. The van der Waals surface area contributed by atoms with Crippen LogP contribution in [-0.4, -0.2) is 72.8 Å². The van der Waals surface area contributed by atoms with E-state index in [-0.39, 0.29) is 43.2 Å². The van der Waals surface area contributed by atoms with Crippen molar-refractivity contribution in [1.29, 1.82) is 0 Å². The fourth-order valence-electron chi connectivity index (χ4n) is 6.74. The van der Waals surface area contributed by atoms with E-state index in [4.69, 9.17) is 42.4 Å². The highest BCUT2D eigenvalue weighted by Crippen LogP contribution is 2.42. The topological polar surface area (TPSA) is 145 Å². The standard InChI is InChI=1S/C39H38Cl2N6O6/c1-51-36-24(16-42-19-26-10-12-33(48)45-26)9-11-31(46-36)30-8-4-7-29(35(30)41)28-6-3-5-27(34(28)40)23-13-14-47-32(15-23)44-18-25(37(47)49)17-43-20-39(21-53-22-39)38(50)52-2/h3-9,11,13-15,18,26,42-43H,10,12,16-17,19-22H2,1-2H3,(H,45,48)/t26-/m0/s1. The Labute approximate surface area is 315 Å². The van der Waals surface area contributed by atoms with E-state index in [2.05, 4.69) is 20.9 Å². The van der Waals surface area contributed by atoms with Crippen molar-refractivity contribution in [3.05, 3.63) is 105 Å². The molecule has 3 N–H and O–H groups in total. The summed E-state index contributed by atoms with van der Waals surface area (Å²) in [6.07, 6.45) is 4.61. The lowest BCUT2D eigenvalue weighted by atomic mass is 9.86. The Hall–Kier alpha value is -4.85. The molecule has 2 aliphatic rings. The molecule has 0 unspecified atom stereocenters. The highest BCUT2D eigenvalue weighted by molar-refractivity contribution is 6.39. The van der Waals surface area contributed by atoms with Crippen molar-refractivity contribution in [2.24, 2.45) is 5.41 Å². The Morgan fingerprint density at radius 1 is 0.962 bits per heavy atom. The number of nitrogens with zero attached hydrogens (tertiary/aromatic N) is 3. The van der Waals surface area contributed by atoms with Gasteiger partial charge in [0.2, 0.25) is 11.8 Å². The molecule has 0 aliphatic carbocycles. The van der Waals surface area contributed by atoms with Gasteiger partial charge in [0, 0.05) is 84.4 Å². The number of aromatic nitrogens is 3. The number of hydrogen-bond donors (Lipinski definition) is 3. The number of methoxy groups -OCH3 is 2. The Bertz CT molecular complexity index is 2260. The molecule has 3 aromatic heterocycles. The first-order chi connectivity index (χ1) is 25.7. The smallest absolute Gasteiger partial charge is 0.317 e. The molecule has 1 atom stereocenters. The summed E-state index contributed by atoms with van der Waals surface area (Å²) >= 11 is 14.2. The molecule has 2 aromatic carbocycles. The molecule has 5 aromatic rings. The maximum atomic E-state index is 13.4. The van der Waals surface area contributed by atoms with Crippen molar-refractivity contribution in [3.63, 3.8) is 0 Å². The van der Waals surface area contributed by atoms with Crippen molar-refractivity contribution >= 4 is 40.7 Å². The second kappa shape index (κ2) is 15.6. The average molecular weight is 758 g/mol. The third-order valence-electron chi connectivity index (χ3n) is 9.73. The second-order valence-electron chi connectivity index (χ2n) is 13.2. The van der Waals surface area contributed by atoms with Gasteiger partial charge in [-0.1, -0.05) is 65.7 Å². The van der Waals surface area contributed by atoms with Crippen LogP contribution in [0.15, 0.2) is 77.9 Å². The van der Waals surface area contributed by atoms with E-state index in [0.717, 1.165) is 39.8 Å². The van der Waals surface area contributed by atoms with E-state index in [1.54, 1.807) is 19.5 Å². The molecule has 2 aliphatic heterocycles. The quantitative estimate of drug-likeness (QED) is 0.140. The number of halogens is 2. The van der Waals surface area contributed by atoms with E-state index < -0.39 is 5.41 Å². The first-order valence-corrected chi connectivity index (χ1v) is 18.0. The number of esters is 1. The van der Waals surface area contributed by atoms with Crippen LogP contribution in [0.3, 0.4) is 0 Å². The molecule has 0 saturated carbocycles.